The lowest BCUT2D eigenvalue weighted by molar-refractivity contribution is -0.141. The average molecular weight is 428 g/mol. The Bertz CT molecular complexity index is 1030. The maximum absolute atomic E-state index is 13.5. The fourth-order valence-corrected chi connectivity index (χ4v) is 2.64. The van der Waals surface area contributed by atoms with Crippen LogP contribution in [0.2, 0.25) is 0 Å². The first-order valence-corrected chi connectivity index (χ1v) is 9.53. The van der Waals surface area contributed by atoms with Crippen molar-refractivity contribution in [3.8, 4) is 16.9 Å². The number of Topliss-reactive ketones (excluding diaryl/α,β-unsaturated/α-hetero) is 1. The van der Waals surface area contributed by atoms with Gasteiger partial charge in [0, 0.05) is 12.0 Å². The molecule has 0 aliphatic rings. The van der Waals surface area contributed by atoms with E-state index in [4.69, 9.17) is 4.74 Å². The predicted octanol–water partition coefficient (Wildman–Crippen LogP) is 6.79. The zero-order chi connectivity index (χ0) is 23.2. The normalized spacial score (nSPS) is 11.4. The highest BCUT2D eigenvalue weighted by molar-refractivity contribution is 5.94. The first kappa shape index (κ1) is 23.9. The van der Waals surface area contributed by atoms with Crippen LogP contribution in [0, 0.1) is 0 Å². The summed E-state index contributed by atoms with van der Waals surface area (Å²) in [6.07, 6.45) is -0.0249. The molecular formula is C25H23F3O3. The van der Waals surface area contributed by atoms with Crippen LogP contribution in [0.15, 0.2) is 72.8 Å². The van der Waals surface area contributed by atoms with Crippen LogP contribution in [0.1, 0.15) is 37.8 Å². The highest BCUT2D eigenvalue weighted by atomic mass is 19.4. The quantitative estimate of drug-likeness (QED) is 0.264. The van der Waals surface area contributed by atoms with Gasteiger partial charge in [0.2, 0.25) is 0 Å². The van der Waals surface area contributed by atoms with Crippen LogP contribution in [0.25, 0.3) is 17.2 Å². The minimum atomic E-state index is -4.69. The van der Waals surface area contributed by atoms with Crippen molar-refractivity contribution in [1.29, 1.82) is 0 Å². The lowest BCUT2D eigenvalue weighted by Crippen LogP contribution is -2.14. The van der Waals surface area contributed by atoms with E-state index in [-0.39, 0.29) is 11.4 Å². The molecule has 0 unspecified atom stereocenters. The third kappa shape index (κ3) is 6.81. The Labute approximate surface area is 179 Å². The molecule has 0 radical (unpaired) electrons. The molecule has 0 heterocycles. The molecular weight excluding hydrogens is 405 g/mol. The SMILES string of the molecule is C=C(C)C(=O)CC/C=C/c1ccc(-c2ccc(OC(=O)C(=C)C)c(C(F)(F)F)c2)cc1. The molecule has 0 saturated carbocycles. The van der Waals surface area contributed by atoms with E-state index >= 15 is 0 Å². The van der Waals surface area contributed by atoms with Gasteiger partial charge in [-0.1, -0.05) is 55.6 Å². The molecule has 0 saturated heterocycles. The fourth-order valence-electron chi connectivity index (χ4n) is 2.64. The molecule has 2 aromatic rings. The molecule has 2 rings (SSSR count). The van der Waals surface area contributed by atoms with Gasteiger partial charge in [-0.2, -0.15) is 13.2 Å². The second kappa shape index (κ2) is 10.1. The van der Waals surface area contributed by atoms with Gasteiger partial charge in [0.15, 0.2) is 5.78 Å². The van der Waals surface area contributed by atoms with E-state index < -0.39 is 23.5 Å². The maximum Gasteiger partial charge on any atom is 0.420 e. The van der Waals surface area contributed by atoms with Crippen LogP contribution in [-0.2, 0) is 15.8 Å². The third-order valence-electron chi connectivity index (χ3n) is 4.40. The Morgan fingerprint density at radius 1 is 0.968 bits per heavy atom. The molecule has 0 amide bonds. The molecule has 0 aliphatic heterocycles. The summed E-state index contributed by atoms with van der Waals surface area (Å²) in [4.78, 5) is 23.2. The van der Waals surface area contributed by atoms with Gasteiger partial charge in [0.25, 0.3) is 0 Å². The Kier molecular flexibility index (Phi) is 7.75. The Morgan fingerprint density at radius 2 is 1.58 bits per heavy atom. The number of carbonyl (C=O) groups is 2. The number of ketones is 1. The first-order valence-electron chi connectivity index (χ1n) is 9.53. The topological polar surface area (TPSA) is 43.4 Å². The zero-order valence-corrected chi connectivity index (χ0v) is 17.4. The van der Waals surface area contributed by atoms with Gasteiger partial charge in [-0.3, -0.25) is 4.79 Å². The van der Waals surface area contributed by atoms with Crippen molar-refractivity contribution in [2.45, 2.75) is 32.9 Å². The minimum absolute atomic E-state index is 0.00448. The number of alkyl halides is 3. The van der Waals surface area contributed by atoms with Gasteiger partial charge in [-0.05, 0) is 54.7 Å². The molecule has 0 bridgehead atoms. The molecule has 0 atom stereocenters. The predicted molar refractivity (Wildman–Crippen MR) is 115 cm³/mol. The molecule has 31 heavy (non-hydrogen) atoms. The first-order chi connectivity index (χ1) is 14.5. The number of ether oxygens (including phenoxy) is 1. The summed E-state index contributed by atoms with van der Waals surface area (Å²) in [7, 11) is 0. The van der Waals surface area contributed by atoms with Crippen molar-refractivity contribution in [2.24, 2.45) is 0 Å². The van der Waals surface area contributed by atoms with E-state index in [0.717, 1.165) is 17.7 Å². The molecule has 0 N–H and O–H groups in total. The third-order valence-corrected chi connectivity index (χ3v) is 4.40. The summed E-state index contributed by atoms with van der Waals surface area (Å²) >= 11 is 0. The van der Waals surface area contributed by atoms with Crippen molar-refractivity contribution < 1.29 is 27.5 Å². The van der Waals surface area contributed by atoms with E-state index in [9.17, 15) is 22.8 Å². The van der Waals surface area contributed by atoms with Gasteiger partial charge >= 0.3 is 12.1 Å². The number of hydrogen-bond acceptors (Lipinski definition) is 3. The molecule has 0 fully saturated rings. The maximum atomic E-state index is 13.5. The van der Waals surface area contributed by atoms with E-state index in [2.05, 4.69) is 13.2 Å². The summed E-state index contributed by atoms with van der Waals surface area (Å²) in [5.74, 6) is -1.47. The standard InChI is InChI=1S/C25H23F3O3/c1-16(2)22(29)8-6-5-7-18-9-11-19(12-10-18)20-13-14-23(31-24(30)17(3)4)21(15-20)25(26,27)28/h5,7,9-15H,1,3,6,8H2,2,4H3/b7-5+. The number of benzene rings is 2. The van der Waals surface area contributed by atoms with Gasteiger partial charge in [0.1, 0.15) is 5.75 Å². The summed E-state index contributed by atoms with van der Waals surface area (Å²) in [6, 6.07) is 10.5. The van der Waals surface area contributed by atoms with E-state index in [1.165, 1.54) is 13.0 Å². The number of esters is 1. The number of allylic oxidation sites excluding steroid dienone is 2. The number of halogens is 3. The lowest BCUT2D eigenvalue weighted by Gasteiger charge is -2.14. The largest absolute Gasteiger partial charge is 0.423 e. The van der Waals surface area contributed by atoms with Crippen molar-refractivity contribution in [3.05, 3.63) is 84.0 Å². The minimum Gasteiger partial charge on any atom is -0.423 e. The van der Waals surface area contributed by atoms with E-state index in [0.29, 0.717) is 29.5 Å². The fraction of sp³-hybridized carbons (Fsp3) is 0.200. The van der Waals surface area contributed by atoms with Gasteiger partial charge in [0.05, 0.1) is 5.56 Å². The lowest BCUT2D eigenvalue weighted by atomic mass is 10.0. The summed E-state index contributed by atoms with van der Waals surface area (Å²) in [6.45, 7) is 10.0. The summed E-state index contributed by atoms with van der Waals surface area (Å²) in [5, 5.41) is 0. The monoisotopic (exact) mass is 428 g/mol. The number of carbonyl (C=O) groups excluding carboxylic acids is 2. The number of hydrogen-bond donors (Lipinski definition) is 0. The molecule has 0 spiro atoms. The molecule has 162 valence electrons. The van der Waals surface area contributed by atoms with Crippen LogP contribution >= 0.6 is 0 Å². The smallest absolute Gasteiger partial charge is 0.420 e. The van der Waals surface area contributed by atoms with Gasteiger partial charge in [-0.15, -0.1) is 0 Å². The van der Waals surface area contributed by atoms with Crippen molar-refractivity contribution in [2.75, 3.05) is 0 Å². The second-order valence-corrected chi connectivity index (χ2v) is 7.15. The van der Waals surface area contributed by atoms with Crippen LogP contribution in [0.4, 0.5) is 13.2 Å². The van der Waals surface area contributed by atoms with Crippen LogP contribution in [-0.4, -0.2) is 11.8 Å². The van der Waals surface area contributed by atoms with E-state index in [1.807, 2.05) is 12.2 Å². The molecule has 2 aromatic carbocycles. The van der Waals surface area contributed by atoms with Crippen molar-refractivity contribution in [1.82, 2.24) is 0 Å². The van der Waals surface area contributed by atoms with E-state index in [1.54, 1.807) is 31.2 Å². The molecule has 3 nitrogen and oxygen atoms in total. The number of rotatable bonds is 8. The average Bonchev–Trinajstić information content (AvgIpc) is 2.70. The van der Waals surface area contributed by atoms with Crippen LogP contribution < -0.4 is 4.74 Å². The van der Waals surface area contributed by atoms with Crippen molar-refractivity contribution >= 4 is 17.8 Å². The Balaban J connectivity index is 2.20. The molecule has 0 aromatic heterocycles. The van der Waals surface area contributed by atoms with Crippen molar-refractivity contribution in [3.63, 3.8) is 0 Å². The highest BCUT2D eigenvalue weighted by Gasteiger charge is 2.35. The van der Waals surface area contributed by atoms with Crippen LogP contribution in [0.3, 0.4) is 0 Å². The second-order valence-electron chi connectivity index (χ2n) is 7.15. The molecule has 0 aliphatic carbocycles. The Hall–Kier alpha value is -3.41. The molecule has 6 heteroatoms. The van der Waals surface area contributed by atoms with Gasteiger partial charge < -0.3 is 4.74 Å². The highest BCUT2D eigenvalue weighted by Crippen LogP contribution is 2.39. The van der Waals surface area contributed by atoms with Crippen LogP contribution in [0.5, 0.6) is 5.75 Å². The summed E-state index contributed by atoms with van der Waals surface area (Å²) in [5.41, 5.74) is 1.27. The zero-order valence-electron chi connectivity index (χ0n) is 17.4. The Morgan fingerprint density at radius 3 is 2.13 bits per heavy atom. The summed E-state index contributed by atoms with van der Waals surface area (Å²) < 4.78 is 45.3. The van der Waals surface area contributed by atoms with Gasteiger partial charge in [-0.25, -0.2) is 4.79 Å².